The van der Waals surface area contributed by atoms with Crippen molar-refractivity contribution in [3.63, 3.8) is 0 Å². The number of nitrogens with one attached hydrogen (secondary N) is 1. The van der Waals surface area contributed by atoms with Gasteiger partial charge in [0.25, 0.3) is 0 Å². The van der Waals surface area contributed by atoms with Gasteiger partial charge in [0.05, 0.1) is 6.61 Å². The Morgan fingerprint density at radius 3 is 2.50 bits per heavy atom. The van der Waals surface area contributed by atoms with E-state index >= 15 is 0 Å². The van der Waals surface area contributed by atoms with Crippen LogP contribution in [0, 0.1) is 5.92 Å². The van der Waals surface area contributed by atoms with Gasteiger partial charge in [-0.3, -0.25) is 4.79 Å². The topological polar surface area (TPSA) is 49.3 Å². The van der Waals surface area contributed by atoms with Crippen molar-refractivity contribution in [1.82, 2.24) is 0 Å². The minimum atomic E-state index is 0.0373. The second kappa shape index (κ2) is 8.05. The zero-order valence-electron chi connectivity index (χ0n) is 12.1. The third-order valence-electron chi connectivity index (χ3n) is 4.16. The number of rotatable bonds is 6. The van der Waals surface area contributed by atoms with E-state index in [9.17, 15) is 4.79 Å². The summed E-state index contributed by atoms with van der Waals surface area (Å²) >= 11 is 0. The molecule has 1 aromatic rings. The maximum Gasteiger partial charge on any atom is 0.224 e. The average molecular weight is 275 g/mol. The van der Waals surface area contributed by atoms with Gasteiger partial charge >= 0.3 is 0 Å². The molecule has 0 spiro atoms. The number of hydrogen-bond donors (Lipinski definition) is 2. The number of benzene rings is 1. The molecule has 3 heteroatoms. The fourth-order valence-electron chi connectivity index (χ4n) is 2.94. The number of aliphatic hydroxyl groups excluding tert-OH is 1. The predicted octanol–water partition coefficient (Wildman–Crippen LogP) is 3.87. The molecule has 1 aliphatic rings. The van der Waals surface area contributed by atoms with Gasteiger partial charge in [0.15, 0.2) is 0 Å². The van der Waals surface area contributed by atoms with E-state index in [1.807, 2.05) is 24.3 Å². The van der Waals surface area contributed by atoms with Crippen molar-refractivity contribution in [2.24, 2.45) is 5.92 Å². The largest absolute Gasteiger partial charge is 0.392 e. The normalized spacial score (nSPS) is 16.1. The summed E-state index contributed by atoms with van der Waals surface area (Å²) in [5.74, 6) is 0.943. The van der Waals surface area contributed by atoms with E-state index < -0.39 is 0 Å². The number of hydrogen-bond acceptors (Lipinski definition) is 2. The molecule has 0 heterocycles. The number of amides is 1. The first-order valence-electron chi connectivity index (χ1n) is 7.77. The Bertz CT molecular complexity index is 408. The molecule has 0 saturated heterocycles. The van der Waals surface area contributed by atoms with Crippen LogP contribution < -0.4 is 5.32 Å². The maximum absolute atomic E-state index is 11.8. The molecule has 110 valence electrons. The van der Waals surface area contributed by atoms with Gasteiger partial charge in [-0.15, -0.1) is 0 Å². The van der Waals surface area contributed by atoms with Gasteiger partial charge in [-0.05, 0) is 36.5 Å². The fraction of sp³-hybridized carbons (Fsp3) is 0.588. The summed E-state index contributed by atoms with van der Waals surface area (Å²) in [4.78, 5) is 11.8. The summed E-state index contributed by atoms with van der Waals surface area (Å²) in [6.45, 7) is 0.0373. The highest BCUT2D eigenvalue weighted by Crippen LogP contribution is 2.27. The summed E-state index contributed by atoms with van der Waals surface area (Å²) in [6, 6.07) is 7.34. The molecular formula is C17H25NO2. The third kappa shape index (κ3) is 4.97. The number of aliphatic hydroxyl groups is 1. The molecule has 1 aliphatic carbocycles. The summed E-state index contributed by atoms with van der Waals surface area (Å²) in [6.07, 6.45) is 9.62. The first kappa shape index (κ1) is 15.0. The van der Waals surface area contributed by atoms with Crippen LogP contribution in [0.4, 0.5) is 5.69 Å². The molecule has 20 heavy (non-hydrogen) atoms. The third-order valence-corrected chi connectivity index (χ3v) is 4.16. The van der Waals surface area contributed by atoms with Crippen molar-refractivity contribution in [2.45, 2.75) is 58.0 Å². The van der Waals surface area contributed by atoms with E-state index in [1.54, 1.807) is 0 Å². The van der Waals surface area contributed by atoms with Crippen molar-refractivity contribution < 1.29 is 9.90 Å². The van der Waals surface area contributed by atoms with Crippen LogP contribution in [0.25, 0.3) is 0 Å². The van der Waals surface area contributed by atoms with Crippen LogP contribution in [0.5, 0.6) is 0 Å². The van der Waals surface area contributed by atoms with E-state index in [4.69, 9.17) is 5.11 Å². The quantitative estimate of drug-likeness (QED) is 0.828. The predicted molar refractivity (Wildman–Crippen MR) is 81.4 cm³/mol. The number of carbonyl (C=O) groups is 1. The zero-order chi connectivity index (χ0) is 14.2. The van der Waals surface area contributed by atoms with Gasteiger partial charge in [-0.1, -0.05) is 44.2 Å². The first-order chi connectivity index (χ1) is 9.78. The Labute approximate surface area is 121 Å². The monoisotopic (exact) mass is 275 g/mol. The molecule has 0 atom stereocenters. The van der Waals surface area contributed by atoms with Gasteiger partial charge in [0.2, 0.25) is 5.91 Å². The minimum Gasteiger partial charge on any atom is -0.392 e. The van der Waals surface area contributed by atoms with Crippen molar-refractivity contribution in [1.29, 1.82) is 0 Å². The molecular weight excluding hydrogens is 250 g/mol. The number of carbonyl (C=O) groups excluding carboxylic acids is 1. The van der Waals surface area contributed by atoms with Gasteiger partial charge in [-0.25, -0.2) is 0 Å². The lowest BCUT2D eigenvalue weighted by atomic mass is 9.86. The van der Waals surface area contributed by atoms with Crippen molar-refractivity contribution in [3.05, 3.63) is 29.8 Å². The Kier molecular flexibility index (Phi) is 6.06. The lowest BCUT2D eigenvalue weighted by molar-refractivity contribution is -0.116. The first-order valence-corrected chi connectivity index (χ1v) is 7.77. The molecule has 2 N–H and O–H groups in total. The molecule has 1 aromatic carbocycles. The lowest BCUT2D eigenvalue weighted by Crippen LogP contribution is -2.12. The van der Waals surface area contributed by atoms with Crippen LogP contribution in [0.15, 0.2) is 24.3 Å². The highest BCUT2D eigenvalue weighted by molar-refractivity contribution is 5.90. The van der Waals surface area contributed by atoms with E-state index in [2.05, 4.69) is 5.32 Å². The van der Waals surface area contributed by atoms with Crippen LogP contribution in [0.1, 0.15) is 56.9 Å². The molecule has 1 saturated carbocycles. The van der Waals surface area contributed by atoms with Crippen molar-refractivity contribution >= 4 is 11.6 Å². The fourth-order valence-corrected chi connectivity index (χ4v) is 2.94. The minimum absolute atomic E-state index is 0.0373. The Balaban J connectivity index is 1.66. The van der Waals surface area contributed by atoms with Crippen molar-refractivity contribution in [3.8, 4) is 0 Å². The summed E-state index contributed by atoms with van der Waals surface area (Å²) in [5.41, 5.74) is 1.67. The van der Waals surface area contributed by atoms with E-state index in [-0.39, 0.29) is 12.5 Å². The van der Waals surface area contributed by atoms with Crippen LogP contribution in [0.2, 0.25) is 0 Å². The molecule has 0 radical (unpaired) electrons. The van der Waals surface area contributed by atoms with E-state index in [0.717, 1.165) is 23.6 Å². The standard InChI is InChI=1S/C17H25NO2/c19-13-15-9-11-16(12-10-15)18-17(20)8-4-7-14-5-2-1-3-6-14/h9-12,14,19H,1-8,13H2,(H,18,20). The van der Waals surface area contributed by atoms with E-state index in [0.29, 0.717) is 6.42 Å². The molecule has 3 nitrogen and oxygen atoms in total. The Morgan fingerprint density at radius 2 is 1.85 bits per heavy atom. The van der Waals surface area contributed by atoms with Gasteiger partial charge in [-0.2, -0.15) is 0 Å². The van der Waals surface area contributed by atoms with E-state index in [1.165, 1.54) is 38.5 Å². The highest BCUT2D eigenvalue weighted by Gasteiger charge is 2.13. The molecule has 1 fully saturated rings. The summed E-state index contributed by atoms with van der Waals surface area (Å²) in [7, 11) is 0. The van der Waals surface area contributed by atoms with Gasteiger partial charge in [0, 0.05) is 12.1 Å². The lowest BCUT2D eigenvalue weighted by Gasteiger charge is -2.21. The average Bonchev–Trinajstić information content (AvgIpc) is 2.49. The molecule has 0 aromatic heterocycles. The number of anilines is 1. The summed E-state index contributed by atoms with van der Waals surface area (Å²) < 4.78 is 0. The van der Waals surface area contributed by atoms with Crippen LogP contribution >= 0.6 is 0 Å². The van der Waals surface area contributed by atoms with Gasteiger partial charge in [0.1, 0.15) is 0 Å². The highest BCUT2D eigenvalue weighted by atomic mass is 16.3. The second-order valence-corrected chi connectivity index (χ2v) is 5.80. The Hall–Kier alpha value is -1.35. The molecule has 0 bridgehead atoms. The molecule has 0 unspecified atom stereocenters. The molecule has 1 amide bonds. The van der Waals surface area contributed by atoms with Crippen molar-refractivity contribution in [2.75, 3.05) is 5.32 Å². The van der Waals surface area contributed by atoms with Crippen LogP contribution in [0.3, 0.4) is 0 Å². The van der Waals surface area contributed by atoms with Crippen LogP contribution in [-0.4, -0.2) is 11.0 Å². The van der Waals surface area contributed by atoms with Crippen LogP contribution in [-0.2, 0) is 11.4 Å². The maximum atomic E-state index is 11.8. The molecule has 0 aliphatic heterocycles. The van der Waals surface area contributed by atoms with Gasteiger partial charge < -0.3 is 10.4 Å². The smallest absolute Gasteiger partial charge is 0.224 e. The second-order valence-electron chi connectivity index (χ2n) is 5.80. The summed E-state index contributed by atoms with van der Waals surface area (Å²) in [5, 5.41) is 11.9. The zero-order valence-corrected chi connectivity index (χ0v) is 12.1. The SMILES string of the molecule is O=C(CCCC1CCCCC1)Nc1ccc(CO)cc1. The molecule has 2 rings (SSSR count). The Morgan fingerprint density at radius 1 is 1.15 bits per heavy atom.